The van der Waals surface area contributed by atoms with Crippen LogP contribution in [0.15, 0.2) is 64.2 Å². The van der Waals surface area contributed by atoms with E-state index in [4.69, 9.17) is 8.83 Å². The van der Waals surface area contributed by atoms with Gasteiger partial charge in [0.15, 0.2) is 0 Å². The fourth-order valence-corrected chi connectivity index (χ4v) is 3.01. The maximum Gasteiger partial charge on any atom is 0.134 e. The van der Waals surface area contributed by atoms with Crippen molar-refractivity contribution in [3.63, 3.8) is 0 Å². The number of rotatable bonds is 2. The third-order valence-electron chi connectivity index (χ3n) is 3.02. The molecule has 0 atom stereocenters. The molecule has 0 unspecified atom stereocenters. The monoisotopic (exact) mass is 267 g/mol. The number of hydrogen-bond donors (Lipinski definition) is 0. The van der Waals surface area contributed by atoms with Crippen LogP contribution in [0.1, 0.15) is 0 Å². The van der Waals surface area contributed by atoms with E-state index >= 15 is 0 Å². The van der Waals surface area contributed by atoms with Crippen molar-refractivity contribution in [1.82, 2.24) is 4.98 Å². The number of aromatic nitrogens is 1. The largest absolute Gasteiger partial charge is 0.472 e. The quantitative estimate of drug-likeness (QED) is 0.523. The highest BCUT2D eigenvalue weighted by atomic mass is 32.1. The topological polar surface area (TPSA) is 39.2 Å². The van der Waals surface area contributed by atoms with Gasteiger partial charge >= 0.3 is 0 Å². The fraction of sp³-hybridized carbons (Fsp3) is 0. The molecule has 0 aliphatic rings. The Kier molecular flexibility index (Phi) is 2.28. The summed E-state index contributed by atoms with van der Waals surface area (Å²) in [7, 11) is 0. The first kappa shape index (κ1) is 10.6. The van der Waals surface area contributed by atoms with Crippen LogP contribution < -0.4 is 0 Å². The molecule has 92 valence electrons. The highest BCUT2D eigenvalue weighted by Gasteiger charge is 2.12. The summed E-state index contributed by atoms with van der Waals surface area (Å²) in [6.07, 6.45) is 7.03. The molecule has 0 radical (unpaired) electrons. The summed E-state index contributed by atoms with van der Waals surface area (Å²) in [5.41, 5.74) is 2.99. The molecule has 3 heterocycles. The lowest BCUT2D eigenvalue weighted by Crippen LogP contribution is -1.67. The molecule has 0 aliphatic carbocycles. The zero-order chi connectivity index (χ0) is 12.7. The minimum Gasteiger partial charge on any atom is -0.472 e. The Bertz CT molecular complexity index is 827. The van der Waals surface area contributed by atoms with Crippen molar-refractivity contribution in [2.45, 2.75) is 0 Å². The molecule has 0 N–H and O–H groups in total. The average molecular weight is 267 g/mol. The Labute approximate surface area is 113 Å². The summed E-state index contributed by atoms with van der Waals surface area (Å²) < 4.78 is 10.7. The van der Waals surface area contributed by atoms with E-state index in [0.717, 1.165) is 32.0 Å². The van der Waals surface area contributed by atoms with E-state index < -0.39 is 0 Å². The van der Waals surface area contributed by atoms with Crippen LogP contribution in [-0.4, -0.2) is 4.98 Å². The Morgan fingerprint density at radius 1 is 1.05 bits per heavy atom. The van der Waals surface area contributed by atoms with Crippen LogP contribution in [0.2, 0.25) is 0 Å². The summed E-state index contributed by atoms with van der Waals surface area (Å²) in [4.78, 5) is 5.54. The Hall–Kier alpha value is -2.33. The van der Waals surface area contributed by atoms with E-state index in [2.05, 4.69) is 11.1 Å². The molecule has 0 fully saturated rings. The summed E-state index contributed by atoms with van der Waals surface area (Å²) >= 11 is 1.63. The lowest BCUT2D eigenvalue weighted by Gasteiger charge is -1.91. The number of furan rings is 2. The van der Waals surface area contributed by atoms with Crippen molar-refractivity contribution >= 4 is 22.3 Å². The molecule has 3 aromatic heterocycles. The number of nitrogens with zero attached hydrogens (tertiary/aromatic N) is 1. The highest BCUT2D eigenvalue weighted by molar-refractivity contribution is 7.18. The van der Waals surface area contributed by atoms with Crippen LogP contribution in [-0.2, 0) is 0 Å². The molecule has 19 heavy (non-hydrogen) atoms. The minimum absolute atomic E-state index is 0.899. The van der Waals surface area contributed by atoms with Gasteiger partial charge in [-0.2, -0.15) is 0 Å². The van der Waals surface area contributed by atoms with E-state index in [1.54, 1.807) is 30.1 Å². The molecule has 4 heteroatoms. The maximum absolute atomic E-state index is 5.56. The van der Waals surface area contributed by atoms with Crippen LogP contribution in [0.25, 0.3) is 32.0 Å². The number of benzene rings is 1. The van der Waals surface area contributed by atoms with Gasteiger partial charge in [0, 0.05) is 22.7 Å². The van der Waals surface area contributed by atoms with Crippen molar-refractivity contribution in [3.8, 4) is 21.0 Å². The molecule has 0 saturated carbocycles. The van der Waals surface area contributed by atoms with Gasteiger partial charge < -0.3 is 8.83 Å². The second-order valence-corrected chi connectivity index (χ2v) is 5.22. The predicted molar refractivity (Wildman–Crippen MR) is 75.0 cm³/mol. The van der Waals surface area contributed by atoms with E-state index in [1.165, 1.54) is 0 Å². The van der Waals surface area contributed by atoms with Crippen LogP contribution in [0.4, 0.5) is 0 Å². The van der Waals surface area contributed by atoms with Gasteiger partial charge in [-0.05, 0) is 12.1 Å². The predicted octanol–water partition coefficient (Wildman–Crippen LogP) is 4.82. The van der Waals surface area contributed by atoms with Crippen molar-refractivity contribution in [2.24, 2.45) is 0 Å². The van der Waals surface area contributed by atoms with Gasteiger partial charge in [0.2, 0.25) is 0 Å². The van der Waals surface area contributed by atoms with Crippen LogP contribution >= 0.6 is 11.3 Å². The molecule has 1 aromatic carbocycles. The molecule has 0 amide bonds. The molecular formula is C15H9NO2S. The van der Waals surface area contributed by atoms with E-state index in [0.29, 0.717) is 0 Å². The van der Waals surface area contributed by atoms with Gasteiger partial charge in [-0.15, -0.1) is 11.3 Å². The molecule has 4 rings (SSSR count). The van der Waals surface area contributed by atoms with Gasteiger partial charge in [0.05, 0.1) is 11.1 Å². The van der Waals surface area contributed by atoms with Gasteiger partial charge in [-0.1, -0.05) is 18.2 Å². The molecule has 3 nitrogen and oxygen atoms in total. The van der Waals surface area contributed by atoms with Crippen molar-refractivity contribution in [3.05, 3.63) is 55.3 Å². The second kappa shape index (κ2) is 4.10. The minimum atomic E-state index is 0.899. The normalized spacial score (nSPS) is 11.2. The Morgan fingerprint density at radius 3 is 2.89 bits per heavy atom. The standard InChI is InChI=1S/C15H9NO2S/c1-2-4-13-11(3-1)12(9-18-13)14-7-16-15(19-14)10-5-6-17-8-10/h1-9H. The maximum atomic E-state index is 5.56. The lowest BCUT2D eigenvalue weighted by atomic mass is 10.1. The summed E-state index contributed by atoms with van der Waals surface area (Å²) in [6.45, 7) is 0. The zero-order valence-corrected chi connectivity index (χ0v) is 10.7. The molecular weight excluding hydrogens is 258 g/mol. The van der Waals surface area contributed by atoms with Crippen LogP contribution in [0.3, 0.4) is 0 Å². The number of hydrogen-bond acceptors (Lipinski definition) is 4. The van der Waals surface area contributed by atoms with E-state index in [-0.39, 0.29) is 0 Å². The summed E-state index contributed by atoms with van der Waals surface area (Å²) in [6, 6.07) is 9.93. The molecule has 0 spiro atoms. The van der Waals surface area contributed by atoms with Gasteiger partial charge in [0.1, 0.15) is 23.1 Å². The smallest absolute Gasteiger partial charge is 0.134 e. The van der Waals surface area contributed by atoms with E-state index in [1.807, 2.05) is 30.5 Å². The first-order valence-corrected chi connectivity index (χ1v) is 6.68. The molecule has 0 bridgehead atoms. The lowest BCUT2D eigenvalue weighted by molar-refractivity contribution is 0.568. The molecule has 4 aromatic rings. The van der Waals surface area contributed by atoms with Gasteiger partial charge in [-0.25, -0.2) is 4.98 Å². The van der Waals surface area contributed by atoms with Crippen LogP contribution in [0, 0.1) is 0 Å². The average Bonchev–Trinajstić information content (AvgIpc) is 3.18. The number of fused-ring (bicyclic) bond motifs is 1. The zero-order valence-electron chi connectivity index (χ0n) is 9.87. The number of para-hydroxylation sites is 1. The highest BCUT2D eigenvalue weighted by Crippen LogP contribution is 2.36. The number of thiazole rings is 1. The molecule has 0 saturated heterocycles. The van der Waals surface area contributed by atoms with Crippen molar-refractivity contribution in [1.29, 1.82) is 0 Å². The van der Waals surface area contributed by atoms with Crippen LogP contribution in [0.5, 0.6) is 0 Å². The summed E-state index contributed by atoms with van der Waals surface area (Å²) in [5.74, 6) is 0. The first-order chi connectivity index (χ1) is 9.42. The van der Waals surface area contributed by atoms with Gasteiger partial charge in [-0.3, -0.25) is 0 Å². The van der Waals surface area contributed by atoms with Gasteiger partial charge in [0.25, 0.3) is 0 Å². The SMILES string of the molecule is c1ccc2c(-c3cnc(-c4ccoc4)s3)coc2c1. The fourth-order valence-electron chi connectivity index (χ4n) is 2.09. The molecule has 0 aliphatic heterocycles. The first-order valence-electron chi connectivity index (χ1n) is 5.87. The third kappa shape index (κ3) is 1.69. The van der Waals surface area contributed by atoms with E-state index in [9.17, 15) is 0 Å². The Balaban J connectivity index is 1.85. The van der Waals surface area contributed by atoms with Crippen molar-refractivity contribution in [2.75, 3.05) is 0 Å². The summed E-state index contributed by atoms with van der Waals surface area (Å²) in [5, 5.41) is 2.07. The third-order valence-corrected chi connectivity index (χ3v) is 4.10. The second-order valence-electron chi connectivity index (χ2n) is 4.19. The van der Waals surface area contributed by atoms with Crippen molar-refractivity contribution < 1.29 is 8.83 Å². The Morgan fingerprint density at radius 2 is 2.00 bits per heavy atom.